The van der Waals surface area contributed by atoms with Gasteiger partial charge in [-0.05, 0) is 31.9 Å². The van der Waals surface area contributed by atoms with E-state index >= 15 is 0 Å². The minimum Gasteiger partial charge on any atom is -0.480 e. The van der Waals surface area contributed by atoms with Gasteiger partial charge < -0.3 is 14.0 Å². The number of hydrogen-bond acceptors (Lipinski definition) is 5. The molecular weight excluding hydrogens is 313 g/mol. The van der Waals surface area contributed by atoms with Crippen LogP contribution in [0.5, 0.6) is 5.75 Å². The van der Waals surface area contributed by atoms with Gasteiger partial charge in [0.25, 0.3) is 0 Å². The van der Waals surface area contributed by atoms with E-state index in [2.05, 4.69) is 10.2 Å². The normalized spacial score (nSPS) is 18.4. The molecular formula is C17H20FN3O3. The molecule has 128 valence electrons. The molecule has 2 aromatic rings. The van der Waals surface area contributed by atoms with Crippen molar-refractivity contribution in [3.8, 4) is 5.75 Å². The molecule has 0 fully saturated rings. The van der Waals surface area contributed by atoms with E-state index in [1.54, 1.807) is 18.2 Å². The largest absolute Gasteiger partial charge is 0.480 e. The number of esters is 1. The van der Waals surface area contributed by atoms with Gasteiger partial charge in [-0.3, -0.25) is 4.79 Å². The van der Waals surface area contributed by atoms with Gasteiger partial charge in [-0.25, -0.2) is 4.39 Å². The molecule has 2 heterocycles. The Labute approximate surface area is 139 Å². The van der Waals surface area contributed by atoms with E-state index in [0.29, 0.717) is 31.6 Å². The van der Waals surface area contributed by atoms with Crippen molar-refractivity contribution in [1.29, 1.82) is 0 Å². The van der Waals surface area contributed by atoms with Gasteiger partial charge in [0, 0.05) is 13.0 Å². The zero-order chi connectivity index (χ0) is 17.1. The van der Waals surface area contributed by atoms with Gasteiger partial charge in [-0.2, -0.15) is 0 Å². The molecule has 0 N–H and O–H groups in total. The van der Waals surface area contributed by atoms with Gasteiger partial charge in [0.05, 0.1) is 13.0 Å². The Morgan fingerprint density at radius 2 is 2.12 bits per heavy atom. The Morgan fingerprint density at radius 1 is 1.33 bits per heavy atom. The first-order chi connectivity index (χ1) is 11.6. The fraction of sp³-hybridized carbons (Fsp3) is 0.471. The van der Waals surface area contributed by atoms with E-state index < -0.39 is 11.9 Å². The Bertz CT molecular complexity index is 732. The third-order valence-corrected chi connectivity index (χ3v) is 4.31. The summed E-state index contributed by atoms with van der Waals surface area (Å²) in [6.45, 7) is 2.43. The van der Waals surface area contributed by atoms with Crippen LogP contribution in [0.1, 0.15) is 37.5 Å². The number of halogens is 1. The van der Waals surface area contributed by atoms with Crippen LogP contribution in [0.25, 0.3) is 0 Å². The van der Waals surface area contributed by atoms with Crippen molar-refractivity contribution in [1.82, 2.24) is 14.8 Å². The van der Waals surface area contributed by atoms with Crippen LogP contribution in [-0.4, -0.2) is 27.8 Å². The van der Waals surface area contributed by atoms with Crippen molar-refractivity contribution in [3.63, 3.8) is 0 Å². The fourth-order valence-electron chi connectivity index (χ4n) is 3.00. The number of aryl methyl sites for hydroxylation is 1. The maximum Gasteiger partial charge on any atom is 0.308 e. The van der Waals surface area contributed by atoms with Crippen molar-refractivity contribution >= 4 is 5.97 Å². The summed E-state index contributed by atoms with van der Waals surface area (Å²) in [7, 11) is 1.41. The number of methoxy groups -OCH3 is 1. The van der Waals surface area contributed by atoms with Crippen LogP contribution in [0.2, 0.25) is 0 Å². The number of benzene rings is 1. The first-order valence-corrected chi connectivity index (χ1v) is 8.01. The highest BCUT2D eigenvalue weighted by Crippen LogP contribution is 2.27. The molecule has 0 saturated heterocycles. The van der Waals surface area contributed by atoms with Crippen LogP contribution in [0, 0.1) is 11.7 Å². The van der Waals surface area contributed by atoms with Crippen LogP contribution in [0.4, 0.5) is 4.39 Å². The topological polar surface area (TPSA) is 66.2 Å². The van der Waals surface area contributed by atoms with Gasteiger partial charge >= 0.3 is 5.97 Å². The SMILES string of the molecule is COC(=O)C1CCc2nnc(C(C)Oc3ccccc3F)n2CC1. The lowest BCUT2D eigenvalue weighted by Gasteiger charge is -2.16. The first kappa shape index (κ1) is 16.4. The van der Waals surface area contributed by atoms with E-state index in [4.69, 9.17) is 9.47 Å². The highest BCUT2D eigenvalue weighted by Gasteiger charge is 2.27. The number of para-hydroxylation sites is 1. The van der Waals surface area contributed by atoms with Gasteiger partial charge in [0.2, 0.25) is 0 Å². The monoisotopic (exact) mass is 333 g/mol. The summed E-state index contributed by atoms with van der Waals surface area (Å²) >= 11 is 0. The summed E-state index contributed by atoms with van der Waals surface area (Å²) < 4.78 is 26.3. The summed E-state index contributed by atoms with van der Waals surface area (Å²) in [5.41, 5.74) is 0. The molecule has 0 saturated carbocycles. The van der Waals surface area contributed by atoms with E-state index in [0.717, 1.165) is 5.82 Å². The number of carbonyl (C=O) groups is 1. The second-order valence-electron chi connectivity index (χ2n) is 5.86. The Hall–Kier alpha value is -2.44. The lowest BCUT2D eigenvalue weighted by molar-refractivity contribution is -0.145. The molecule has 6 nitrogen and oxygen atoms in total. The van der Waals surface area contributed by atoms with E-state index in [1.807, 2.05) is 11.5 Å². The average Bonchev–Trinajstić information content (AvgIpc) is 2.88. The lowest BCUT2D eigenvalue weighted by Crippen LogP contribution is -2.18. The summed E-state index contributed by atoms with van der Waals surface area (Å²) in [4.78, 5) is 11.8. The molecule has 1 aromatic heterocycles. The number of fused-ring (bicyclic) bond motifs is 1. The second-order valence-corrected chi connectivity index (χ2v) is 5.86. The molecule has 0 spiro atoms. The molecule has 0 amide bonds. The predicted octanol–water partition coefficient (Wildman–Crippen LogP) is 2.68. The number of ether oxygens (including phenoxy) is 2. The number of nitrogens with zero attached hydrogens (tertiary/aromatic N) is 3. The van der Waals surface area contributed by atoms with E-state index in [1.165, 1.54) is 13.2 Å². The maximum absolute atomic E-state index is 13.8. The standard InChI is InChI=1S/C17H20FN3O3/c1-11(24-14-6-4-3-5-13(14)18)16-20-19-15-8-7-12(17(22)23-2)9-10-21(15)16/h3-6,11-12H,7-10H2,1-2H3. The maximum atomic E-state index is 13.8. The molecule has 24 heavy (non-hydrogen) atoms. The Morgan fingerprint density at radius 3 is 2.88 bits per heavy atom. The van der Waals surface area contributed by atoms with Crippen molar-refractivity contribution in [2.45, 2.75) is 38.8 Å². The third kappa shape index (κ3) is 3.25. The van der Waals surface area contributed by atoms with Crippen LogP contribution in [-0.2, 0) is 22.5 Å². The first-order valence-electron chi connectivity index (χ1n) is 8.01. The van der Waals surface area contributed by atoms with Gasteiger partial charge in [-0.15, -0.1) is 10.2 Å². The smallest absolute Gasteiger partial charge is 0.308 e. The highest BCUT2D eigenvalue weighted by atomic mass is 19.1. The van der Waals surface area contributed by atoms with Gasteiger partial charge in [0.1, 0.15) is 5.82 Å². The molecule has 0 bridgehead atoms. The van der Waals surface area contributed by atoms with E-state index in [-0.39, 0.29) is 17.6 Å². The van der Waals surface area contributed by atoms with Crippen molar-refractivity contribution < 1.29 is 18.7 Å². The van der Waals surface area contributed by atoms with Crippen LogP contribution < -0.4 is 4.74 Å². The zero-order valence-electron chi connectivity index (χ0n) is 13.7. The molecule has 0 radical (unpaired) electrons. The number of aromatic nitrogens is 3. The van der Waals surface area contributed by atoms with Crippen LogP contribution >= 0.6 is 0 Å². The number of hydrogen-bond donors (Lipinski definition) is 0. The summed E-state index contributed by atoms with van der Waals surface area (Å²) in [5.74, 6) is 0.909. The summed E-state index contributed by atoms with van der Waals surface area (Å²) in [6.07, 6.45) is 1.56. The van der Waals surface area contributed by atoms with Gasteiger partial charge in [-0.1, -0.05) is 12.1 Å². The van der Waals surface area contributed by atoms with E-state index in [9.17, 15) is 9.18 Å². The van der Waals surface area contributed by atoms with Crippen molar-refractivity contribution in [2.24, 2.45) is 5.92 Å². The molecule has 1 aliphatic rings. The quantitative estimate of drug-likeness (QED) is 0.805. The average molecular weight is 333 g/mol. The lowest BCUT2D eigenvalue weighted by atomic mass is 10.0. The van der Waals surface area contributed by atoms with Crippen LogP contribution in [0.15, 0.2) is 24.3 Å². The number of rotatable bonds is 4. The molecule has 7 heteroatoms. The zero-order valence-corrected chi connectivity index (χ0v) is 13.7. The summed E-state index contributed by atoms with van der Waals surface area (Å²) in [6, 6.07) is 6.27. The predicted molar refractivity (Wildman–Crippen MR) is 83.9 cm³/mol. The second kappa shape index (κ2) is 6.98. The van der Waals surface area contributed by atoms with Crippen LogP contribution in [0.3, 0.4) is 0 Å². The molecule has 1 aliphatic heterocycles. The molecule has 0 aliphatic carbocycles. The van der Waals surface area contributed by atoms with Gasteiger partial charge in [0.15, 0.2) is 23.5 Å². The minimum absolute atomic E-state index is 0.132. The number of carbonyl (C=O) groups excluding carboxylic acids is 1. The Kier molecular flexibility index (Phi) is 4.78. The highest BCUT2D eigenvalue weighted by molar-refractivity contribution is 5.72. The van der Waals surface area contributed by atoms with Crippen molar-refractivity contribution in [2.75, 3.05) is 7.11 Å². The molecule has 3 rings (SSSR count). The molecule has 2 atom stereocenters. The molecule has 1 aromatic carbocycles. The molecule has 2 unspecified atom stereocenters. The van der Waals surface area contributed by atoms with Crippen molar-refractivity contribution in [3.05, 3.63) is 41.7 Å². The minimum atomic E-state index is -0.446. The third-order valence-electron chi connectivity index (χ3n) is 4.31. The fourth-order valence-corrected chi connectivity index (χ4v) is 3.00. The summed E-state index contributed by atoms with van der Waals surface area (Å²) in [5, 5.41) is 8.41. The Balaban J connectivity index is 1.76.